The molecule has 3 rings (SSSR count). The minimum Gasteiger partial charge on any atom is -0.462 e. The van der Waals surface area contributed by atoms with E-state index in [4.69, 9.17) is 9.47 Å². The van der Waals surface area contributed by atoms with Crippen LogP contribution >= 0.6 is 0 Å². The molecule has 2 saturated carbocycles. The zero-order valence-electron chi connectivity index (χ0n) is 22.2. The van der Waals surface area contributed by atoms with Gasteiger partial charge < -0.3 is 14.6 Å². The molecule has 1 aliphatic heterocycles. The van der Waals surface area contributed by atoms with Crippen LogP contribution in [0.3, 0.4) is 0 Å². The Morgan fingerprint density at radius 2 is 1.89 bits per heavy atom. The normalized spacial score (nSPS) is 36.4. The Balaban J connectivity index is 1.96. The molecule has 35 heavy (non-hydrogen) atoms. The van der Waals surface area contributed by atoms with Crippen LogP contribution in [0.15, 0.2) is 35.6 Å². The first kappa shape index (κ1) is 27.4. The summed E-state index contributed by atoms with van der Waals surface area (Å²) in [5, 5.41) is 10.5. The third-order valence-corrected chi connectivity index (χ3v) is 9.37. The Morgan fingerprint density at radius 3 is 2.49 bits per heavy atom. The minimum atomic E-state index is -0.821. The second-order valence-electron chi connectivity index (χ2n) is 11.6. The van der Waals surface area contributed by atoms with Crippen LogP contribution in [-0.4, -0.2) is 35.0 Å². The van der Waals surface area contributed by atoms with Crippen molar-refractivity contribution in [2.24, 2.45) is 28.6 Å². The number of ketones is 1. The van der Waals surface area contributed by atoms with E-state index in [2.05, 4.69) is 27.0 Å². The van der Waals surface area contributed by atoms with Gasteiger partial charge in [-0.2, -0.15) is 0 Å². The average molecular weight is 487 g/mol. The maximum atomic E-state index is 13.1. The highest BCUT2D eigenvalue weighted by Crippen LogP contribution is 2.64. The molecule has 0 aromatic carbocycles. The van der Waals surface area contributed by atoms with Gasteiger partial charge in [0.15, 0.2) is 5.78 Å². The second-order valence-corrected chi connectivity index (χ2v) is 11.6. The van der Waals surface area contributed by atoms with Crippen LogP contribution in [0.1, 0.15) is 86.5 Å². The average Bonchev–Trinajstić information content (AvgIpc) is 2.77. The predicted octanol–water partition coefficient (Wildman–Crippen LogP) is 5.45. The van der Waals surface area contributed by atoms with Crippen molar-refractivity contribution < 1.29 is 29.0 Å². The van der Waals surface area contributed by atoms with Crippen LogP contribution in [0, 0.1) is 28.6 Å². The minimum absolute atomic E-state index is 0.0300. The molecule has 3 aliphatic rings. The van der Waals surface area contributed by atoms with E-state index in [1.165, 1.54) is 6.92 Å². The molecule has 2 fully saturated rings. The maximum Gasteiger partial charge on any atom is 0.321 e. The Labute approximate surface area is 209 Å². The topological polar surface area (TPSA) is 89.9 Å². The van der Waals surface area contributed by atoms with Gasteiger partial charge in [0.1, 0.15) is 17.8 Å². The first-order valence-corrected chi connectivity index (χ1v) is 12.8. The molecule has 1 N–H and O–H groups in total. The van der Waals surface area contributed by atoms with Crippen molar-refractivity contribution in [1.82, 2.24) is 0 Å². The van der Waals surface area contributed by atoms with Crippen LogP contribution in [-0.2, 0) is 23.9 Å². The number of fused-ring (bicyclic) bond motifs is 1. The molecular weight excluding hydrogens is 444 g/mol. The number of aliphatic hydroxyl groups is 1. The van der Waals surface area contributed by atoms with Crippen LogP contribution in [0.2, 0.25) is 0 Å². The molecule has 0 aromatic rings. The fraction of sp³-hybridized carbons (Fsp3) is 0.690. The van der Waals surface area contributed by atoms with Gasteiger partial charge in [0.2, 0.25) is 0 Å². The summed E-state index contributed by atoms with van der Waals surface area (Å²) in [7, 11) is 0. The van der Waals surface area contributed by atoms with Gasteiger partial charge in [-0.05, 0) is 83.0 Å². The highest BCUT2D eigenvalue weighted by atomic mass is 16.5. The van der Waals surface area contributed by atoms with Gasteiger partial charge in [0.25, 0.3) is 0 Å². The van der Waals surface area contributed by atoms with Crippen molar-refractivity contribution in [3.05, 3.63) is 35.6 Å². The van der Waals surface area contributed by atoms with Crippen LogP contribution in [0.5, 0.6) is 0 Å². The van der Waals surface area contributed by atoms with E-state index in [9.17, 15) is 19.5 Å². The van der Waals surface area contributed by atoms with Crippen molar-refractivity contribution in [2.45, 2.75) is 98.7 Å². The van der Waals surface area contributed by atoms with Crippen molar-refractivity contribution in [1.29, 1.82) is 0 Å². The number of cyclic esters (lactones) is 1. The molecule has 6 heteroatoms. The lowest BCUT2D eigenvalue weighted by atomic mass is 9.44. The summed E-state index contributed by atoms with van der Waals surface area (Å²) < 4.78 is 11.3. The molecule has 7 unspecified atom stereocenters. The quantitative estimate of drug-likeness (QED) is 0.292. The van der Waals surface area contributed by atoms with Gasteiger partial charge in [-0.1, -0.05) is 38.2 Å². The highest BCUT2D eigenvalue weighted by molar-refractivity contribution is 6.10. The molecule has 0 amide bonds. The van der Waals surface area contributed by atoms with Crippen molar-refractivity contribution in [3.8, 4) is 0 Å². The number of carbonyl (C=O) groups is 3. The van der Waals surface area contributed by atoms with E-state index in [-0.39, 0.29) is 40.5 Å². The summed E-state index contributed by atoms with van der Waals surface area (Å²) in [6.07, 6.45) is 3.93. The van der Waals surface area contributed by atoms with E-state index in [1.54, 1.807) is 13.8 Å². The summed E-state index contributed by atoms with van der Waals surface area (Å²) >= 11 is 0. The van der Waals surface area contributed by atoms with E-state index in [0.717, 1.165) is 30.4 Å². The number of esters is 2. The molecule has 2 aliphatic carbocycles. The van der Waals surface area contributed by atoms with Crippen molar-refractivity contribution in [3.63, 3.8) is 0 Å². The molecule has 0 aromatic heterocycles. The fourth-order valence-electron chi connectivity index (χ4n) is 7.11. The Morgan fingerprint density at radius 1 is 1.23 bits per heavy atom. The summed E-state index contributed by atoms with van der Waals surface area (Å²) in [6.45, 7) is 19.3. The zero-order valence-corrected chi connectivity index (χ0v) is 22.2. The van der Waals surface area contributed by atoms with Crippen molar-refractivity contribution in [2.75, 3.05) is 0 Å². The molecule has 1 heterocycles. The summed E-state index contributed by atoms with van der Waals surface area (Å²) in [5.41, 5.74) is 1.72. The molecule has 6 nitrogen and oxygen atoms in total. The van der Waals surface area contributed by atoms with Gasteiger partial charge in [0, 0.05) is 17.9 Å². The molecule has 0 saturated heterocycles. The van der Waals surface area contributed by atoms with Gasteiger partial charge in [-0.15, -0.1) is 0 Å². The second kappa shape index (κ2) is 10.0. The van der Waals surface area contributed by atoms with Crippen molar-refractivity contribution >= 4 is 17.7 Å². The van der Waals surface area contributed by atoms with Crippen LogP contribution in [0.25, 0.3) is 0 Å². The first-order chi connectivity index (χ1) is 16.2. The van der Waals surface area contributed by atoms with E-state index >= 15 is 0 Å². The lowest BCUT2D eigenvalue weighted by molar-refractivity contribution is -0.181. The lowest BCUT2D eigenvalue weighted by Crippen LogP contribution is -2.57. The molecule has 0 radical (unpaired) electrons. The number of allylic oxidation sites excluding steroid dienone is 3. The van der Waals surface area contributed by atoms with Gasteiger partial charge in [-0.25, -0.2) is 0 Å². The van der Waals surface area contributed by atoms with Crippen LogP contribution < -0.4 is 0 Å². The molecule has 7 atom stereocenters. The SMILES string of the molecule is C=C(C)C(O)CCC1(C)C(OC(C)=O)CCC2(C)C(CC3C(=O)OC(C)=C(C)C3=O)C(=C)CCC12. The number of rotatable bonds is 7. The molecule has 194 valence electrons. The van der Waals surface area contributed by atoms with E-state index in [0.29, 0.717) is 37.0 Å². The Hall–Kier alpha value is -2.21. The molecular formula is C29H42O6. The lowest BCUT2D eigenvalue weighted by Gasteiger charge is -2.61. The largest absolute Gasteiger partial charge is 0.462 e. The summed E-state index contributed by atoms with van der Waals surface area (Å²) in [5.74, 6) is -1.22. The maximum absolute atomic E-state index is 13.1. The highest BCUT2D eigenvalue weighted by Gasteiger charge is 2.59. The van der Waals surface area contributed by atoms with E-state index in [1.807, 2.05) is 6.92 Å². The Bertz CT molecular complexity index is 960. The van der Waals surface area contributed by atoms with Crippen LogP contribution in [0.4, 0.5) is 0 Å². The number of hydrogen-bond donors (Lipinski definition) is 1. The monoisotopic (exact) mass is 486 g/mol. The number of ether oxygens (including phenoxy) is 2. The van der Waals surface area contributed by atoms with Gasteiger partial charge in [0.05, 0.1) is 6.10 Å². The van der Waals surface area contributed by atoms with E-state index < -0.39 is 18.0 Å². The zero-order chi connectivity index (χ0) is 26.3. The predicted molar refractivity (Wildman–Crippen MR) is 134 cm³/mol. The summed E-state index contributed by atoms with van der Waals surface area (Å²) in [6, 6.07) is 0. The number of hydrogen-bond acceptors (Lipinski definition) is 6. The standard InChI is InChI=1S/C29H42O6/c1-16(2)23(31)11-13-29(8)24-10-9-17(3)22(28(24,7)14-12-25(29)35-20(6)30)15-21-26(32)18(4)19(5)34-27(21)33/h21-25,31H,1,3,9-15H2,2,4-8H3. The Kier molecular flexibility index (Phi) is 7.85. The smallest absolute Gasteiger partial charge is 0.321 e. The summed E-state index contributed by atoms with van der Waals surface area (Å²) in [4.78, 5) is 37.8. The fourth-order valence-corrected chi connectivity index (χ4v) is 7.11. The first-order valence-electron chi connectivity index (χ1n) is 12.8. The van der Waals surface area contributed by atoms with Gasteiger partial charge in [-0.3, -0.25) is 14.4 Å². The third kappa shape index (κ3) is 5.04. The number of carbonyl (C=O) groups excluding carboxylic acids is 3. The number of Topliss-reactive ketones (excluding diaryl/α,β-unsaturated/α-hetero) is 1. The van der Waals surface area contributed by atoms with Gasteiger partial charge >= 0.3 is 11.9 Å². The molecule has 0 spiro atoms. The molecule has 0 bridgehead atoms. The number of aliphatic hydroxyl groups excluding tert-OH is 1. The third-order valence-electron chi connectivity index (χ3n) is 9.37.